The molecular formula is C17H20FN6O8P. The molecule has 4 rings (SSSR count). The second kappa shape index (κ2) is 8.15. The van der Waals surface area contributed by atoms with Crippen LogP contribution >= 0.6 is 7.82 Å². The number of alkyl halides is 1. The summed E-state index contributed by atoms with van der Waals surface area (Å²) in [6, 6.07) is 1.56. The molecule has 5 atom stereocenters. The van der Waals surface area contributed by atoms with Gasteiger partial charge in [0, 0.05) is 0 Å². The number of fused-ring (bicyclic) bond motifs is 2. The maximum Gasteiger partial charge on any atom is 0.510 e. The number of anilines is 1. The molecule has 33 heavy (non-hydrogen) atoms. The molecular weight excluding hydrogens is 466 g/mol. The number of nitrogen functional groups attached to an aromatic ring is 1. The molecule has 2 N–H and O–H groups in total. The van der Waals surface area contributed by atoms with E-state index in [0.717, 1.165) is 6.33 Å². The van der Waals surface area contributed by atoms with Gasteiger partial charge < -0.3 is 19.9 Å². The molecule has 178 valence electrons. The van der Waals surface area contributed by atoms with Gasteiger partial charge in [0.05, 0.1) is 24.6 Å². The number of phosphoric ester groups is 1. The Balaban J connectivity index is 1.58. The summed E-state index contributed by atoms with van der Waals surface area (Å²) in [5.41, 5.74) is 1.10. The van der Waals surface area contributed by atoms with Crippen LogP contribution in [0.1, 0.15) is 26.5 Å². The number of hydrogen-bond acceptors (Lipinski definition) is 13. The second-order valence-electron chi connectivity index (χ2n) is 7.61. The van der Waals surface area contributed by atoms with Crippen LogP contribution in [0.5, 0.6) is 0 Å². The first kappa shape index (κ1) is 23.3. The smallest absolute Gasteiger partial charge is 0.432 e. The maximum absolute atomic E-state index is 16.3. The number of carbonyl (C=O) groups is 1. The number of phosphoric acid groups is 1. The number of nitrogens with two attached hydrogens (primary N) is 1. The zero-order valence-corrected chi connectivity index (χ0v) is 18.6. The molecule has 1 unspecified atom stereocenters. The molecule has 2 aromatic heterocycles. The molecule has 2 saturated heterocycles. The van der Waals surface area contributed by atoms with E-state index < -0.39 is 57.0 Å². The van der Waals surface area contributed by atoms with Crippen LogP contribution in [0.25, 0.3) is 5.65 Å². The van der Waals surface area contributed by atoms with Crippen molar-refractivity contribution in [3.63, 3.8) is 0 Å². The van der Waals surface area contributed by atoms with Crippen LogP contribution in [0.4, 0.5) is 15.0 Å². The van der Waals surface area contributed by atoms with E-state index >= 15 is 4.39 Å². The normalized spacial score (nSPS) is 33.6. The SMILES string of the molecule is CC(C)OC(=O)OCOP1(=O)OC[C@H]2O[C@@](C)(c3cnc4c(N)ncnn34)[C@@](F)(C#N)[C@@H]2O1. The number of imidazole rings is 1. The minimum absolute atomic E-state index is 0.0326. The summed E-state index contributed by atoms with van der Waals surface area (Å²) < 4.78 is 60.8. The minimum atomic E-state index is -4.43. The lowest BCUT2D eigenvalue weighted by molar-refractivity contribution is -0.0992. The van der Waals surface area contributed by atoms with Crippen molar-refractivity contribution in [1.29, 1.82) is 5.26 Å². The van der Waals surface area contributed by atoms with Gasteiger partial charge in [0.25, 0.3) is 5.67 Å². The monoisotopic (exact) mass is 486 g/mol. The highest BCUT2D eigenvalue weighted by Crippen LogP contribution is 2.61. The van der Waals surface area contributed by atoms with Gasteiger partial charge in [0.1, 0.15) is 24.6 Å². The molecule has 2 fully saturated rings. The Morgan fingerprint density at radius 2 is 2.27 bits per heavy atom. The maximum atomic E-state index is 16.3. The van der Waals surface area contributed by atoms with Crippen molar-refractivity contribution in [2.24, 2.45) is 0 Å². The second-order valence-corrected chi connectivity index (χ2v) is 9.24. The average Bonchev–Trinajstić information content (AvgIpc) is 3.28. The van der Waals surface area contributed by atoms with Gasteiger partial charge in [-0.2, -0.15) is 10.4 Å². The zero-order valence-electron chi connectivity index (χ0n) is 17.7. The Kier molecular flexibility index (Phi) is 5.75. The van der Waals surface area contributed by atoms with E-state index in [1.54, 1.807) is 19.9 Å². The number of carbonyl (C=O) groups excluding carboxylic acids is 1. The molecule has 0 amide bonds. The van der Waals surface area contributed by atoms with Crippen LogP contribution in [-0.2, 0) is 37.9 Å². The molecule has 2 aliphatic rings. The molecule has 0 saturated carbocycles. The van der Waals surface area contributed by atoms with Crippen LogP contribution in [0.3, 0.4) is 0 Å². The van der Waals surface area contributed by atoms with Gasteiger partial charge in [-0.25, -0.2) is 32.8 Å². The number of nitrogens with zero attached hydrogens (tertiary/aromatic N) is 5. The fourth-order valence-corrected chi connectivity index (χ4v) is 4.85. The number of ether oxygens (including phenoxy) is 3. The van der Waals surface area contributed by atoms with E-state index in [1.807, 2.05) is 0 Å². The molecule has 2 aliphatic heterocycles. The summed E-state index contributed by atoms with van der Waals surface area (Å²) in [6.07, 6.45) is -1.96. The third-order valence-electron chi connectivity index (χ3n) is 5.15. The van der Waals surface area contributed by atoms with Gasteiger partial charge in [-0.1, -0.05) is 0 Å². The number of rotatable bonds is 5. The number of nitriles is 1. The quantitative estimate of drug-likeness (QED) is 0.366. The van der Waals surface area contributed by atoms with E-state index in [4.69, 9.17) is 28.8 Å². The molecule has 0 aromatic carbocycles. The van der Waals surface area contributed by atoms with E-state index in [9.17, 15) is 14.6 Å². The highest BCUT2D eigenvalue weighted by atomic mass is 31.2. The third kappa shape index (κ3) is 3.79. The molecule has 0 spiro atoms. The van der Waals surface area contributed by atoms with Crippen molar-refractivity contribution in [3.8, 4) is 6.07 Å². The zero-order chi connectivity index (χ0) is 24.0. The lowest BCUT2D eigenvalue weighted by atomic mass is 9.82. The first-order chi connectivity index (χ1) is 15.5. The summed E-state index contributed by atoms with van der Waals surface area (Å²) >= 11 is 0. The Labute approximate surface area is 186 Å². The van der Waals surface area contributed by atoms with Crippen molar-refractivity contribution in [1.82, 2.24) is 19.6 Å². The van der Waals surface area contributed by atoms with Crippen molar-refractivity contribution >= 4 is 25.4 Å². The van der Waals surface area contributed by atoms with Crippen LogP contribution in [-0.4, -0.2) is 63.1 Å². The average molecular weight is 486 g/mol. The fraction of sp³-hybridized carbons (Fsp3) is 0.588. The Morgan fingerprint density at radius 1 is 1.52 bits per heavy atom. The van der Waals surface area contributed by atoms with Crippen molar-refractivity contribution < 1.29 is 41.5 Å². The molecule has 14 nitrogen and oxygen atoms in total. The largest absolute Gasteiger partial charge is 0.510 e. The predicted molar refractivity (Wildman–Crippen MR) is 104 cm³/mol. The summed E-state index contributed by atoms with van der Waals surface area (Å²) in [6.45, 7) is 3.21. The van der Waals surface area contributed by atoms with Crippen LogP contribution < -0.4 is 5.73 Å². The number of halogens is 1. The lowest BCUT2D eigenvalue weighted by Gasteiger charge is -2.33. The number of aromatic nitrogens is 4. The van der Waals surface area contributed by atoms with E-state index in [1.165, 1.54) is 17.6 Å². The molecule has 4 heterocycles. The Bertz CT molecular complexity index is 1170. The van der Waals surface area contributed by atoms with Crippen molar-refractivity contribution in [3.05, 3.63) is 18.2 Å². The van der Waals surface area contributed by atoms with Gasteiger partial charge in [0.15, 0.2) is 17.1 Å². The summed E-state index contributed by atoms with van der Waals surface area (Å²) in [5, 5.41) is 13.8. The number of hydrogen-bond donors (Lipinski definition) is 1. The molecule has 2 aromatic rings. The van der Waals surface area contributed by atoms with E-state index in [0.29, 0.717) is 0 Å². The summed E-state index contributed by atoms with van der Waals surface area (Å²) in [4.78, 5) is 19.3. The first-order valence-corrected chi connectivity index (χ1v) is 11.1. The fourth-order valence-electron chi connectivity index (χ4n) is 3.58. The van der Waals surface area contributed by atoms with E-state index in [2.05, 4.69) is 19.8 Å². The van der Waals surface area contributed by atoms with Gasteiger partial charge in [-0.05, 0) is 20.8 Å². The summed E-state index contributed by atoms with van der Waals surface area (Å²) in [5.74, 6) is 0.0326. The molecule has 16 heteroatoms. The lowest BCUT2D eigenvalue weighted by Crippen LogP contribution is -2.51. The summed E-state index contributed by atoms with van der Waals surface area (Å²) in [7, 11) is -4.43. The predicted octanol–water partition coefficient (Wildman–Crippen LogP) is 1.61. The Hall–Kier alpha value is -2.89. The molecule has 0 radical (unpaired) electrons. The van der Waals surface area contributed by atoms with Gasteiger partial charge in [0.2, 0.25) is 6.79 Å². The molecule has 0 bridgehead atoms. The van der Waals surface area contributed by atoms with Crippen LogP contribution in [0, 0.1) is 11.3 Å². The van der Waals surface area contributed by atoms with Crippen molar-refractivity contribution in [2.75, 3.05) is 19.1 Å². The highest BCUT2D eigenvalue weighted by Gasteiger charge is 2.71. The topological polar surface area (TPSA) is 182 Å². The van der Waals surface area contributed by atoms with Crippen molar-refractivity contribution in [2.45, 2.75) is 50.4 Å². The van der Waals surface area contributed by atoms with Crippen LogP contribution in [0.2, 0.25) is 0 Å². The minimum Gasteiger partial charge on any atom is -0.432 e. The third-order valence-corrected chi connectivity index (χ3v) is 6.52. The standard InChI is InChI=1S/C17H20FN6O8P/c1-9(2)30-15(25)27-8-29-33(26)28-5-10-12(32-33)17(18,6-19)16(3,31-10)11-4-21-14-13(20)22-7-23-24(11)14/h4,7,9-10,12H,5,8H2,1-3H3,(H2,20,22,23)/t10-,12-,16+,17-,33?/m1/s1. The van der Waals surface area contributed by atoms with Gasteiger partial charge in [-0.15, -0.1) is 0 Å². The van der Waals surface area contributed by atoms with Gasteiger partial charge in [-0.3, -0.25) is 9.05 Å². The van der Waals surface area contributed by atoms with Crippen LogP contribution in [0.15, 0.2) is 12.5 Å². The van der Waals surface area contributed by atoms with Gasteiger partial charge >= 0.3 is 14.0 Å². The Morgan fingerprint density at radius 3 is 2.97 bits per heavy atom. The molecule has 0 aliphatic carbocycles. The highest BCUT2D eigenvalue weighted by molar-refractivity contribution is 7.48. The first-order valence-electron chi connectivity index (χ1n) is 9.66. The van der Waals surface area contributed by atoms with E-state index in [-0.39, 0.29) is 17.2 Å².